The maximum atomic E-state index is 10.4. The third-order valence-corrected chi connectivity index (χ3v) is 3.03. The first-order valence-electron chi connectivity index (χ1n) is 5.37. The SMILES string of the molecule is CN1CCC(Cc2cc(C=O)no2)CC1. The van der Waals surface area contributed by atoms with Crippen LogP contribution in [0.3, 0.4) is 0 Å². The molecule has 1 saturated heterocycles. The van der Waals surface area contributed by atoms with Crippen LogP contribution in [-0.2, 0) is 6.42 Å². The molecule has 0 aliphatic carbocycles. The Morgan fingerprint density at radius 1 is 1.60 bits per heavy atom. The van der Waals surface area contributed by atoms with Crippen LogP contribution < -0.4 is 0 Å². The monoisotopic (exact) mass is 208 g/mol. The fourth-order valence-corrected chi connectivity index (χ4v) is 2.03. The highest BCUT2D eigenvalue weighted by atomic mass is 16.5. The summed E-state index contributed by atoms with van der Waals surface area (Å²) in [7, 11) is 2.15. The van der Waals surface area contributed by atoms with Crippen LogP contribution >= 0.6 is 0 Å². The van der Waals surface area contributed by atoms with E-state index in [0.717, 1.165) is 31.6 Å². The Kier molecular flexibility index (Phi) is 3.16. The molecule has 1 fully saturated rings. The number of carbonyl (C=O) groups is 1. The van der Waals surface area contributed by atoms with Crippen LogP contribution in [0.2, 0.25) is 0 Å². The van der Waals surface area contributed by atoms with Crippen molar-refractivity contribution in [2.45, 2.75) is 19.3 Å². The van der Waals surface area contributed by atoms with Gasteiger partial charge in [0.1, 0.15) is 11.5 Å². The van der Waals surface area contributed by atoms with Crippen molar-refractivity contribution >= 4 is 6.29 Å². The van der Waals surface area contributed by atoms with Gasteiger partial charge in [-0.1, -0.05) is 5.16 Å². The summed E-state index contributed by atoms with van der Waals surface area (Å²) < 4.78 is 5.09. The van der Waals surface area contributed by atoms with Crippen LogP contribution in [-0.4, -0.2) is 36.5 Å². The minimum atomic E-state index is 0.401. The van der Waals surface area contributed by atoms with E-state index in [0.29, 0.717) is 11.6 Å². The van der Waals surface area contributed by atoms with Crippen LogP contribution in [0.1, 0.15) is 29.1 Å². The first-order chi connectivity index (χ1) is 7.28. The zero-order valence-electron chi connectivity index (χ0n) is 8.98. The molecule has 1 aromatic rings. The molecule has 0 atom stereocenters. The zero-order valence-corrected chi connectivity index (χ0v) is 8.98. The van der Waals surface area contributed by atoms with Crippen molar-refractivity contribution in [2.24, 2.45) is 5.92 Å². The highest BCUT2D eigenvalue weighted by Crippen LogP contribution is 2.20. The van der Waals surface area contributed by atoms with Crippen LogP contribution in [0.4, 0.5) is 0 Å². The molecule has 82 valence electrons. The smallest absolute Gasteiger partial charge is 0.171 e. The van der Waals surface area contributed by atoms with E-state index >= 15 is 0 Å². The first-order valence-corrected chi connectivity index (χ1v) is 5.37. The Hall–Kier alpha value is -1.16. The quantitative estimate of drug-likeness (QED) is 0.704. The number of piperidine rings is 1. The summed E-state index contributed by atoms with van der Waals surface area (Å²) in [5, 5.41) is 3.66. The maximum absolute atomic E-state index is 10.4. The molecule has 2 rings (SSSR count). The second kappa shape index (κ2) is 4.57. The van der Waals surface area contributed by atoms with Gasteiger partial charge in [-0.2, -0.15) is 0 Å². The molecule has 1 aromatic heterocycles. The maximum Gasteiger partial charge on any atom is 0.171 e. The fourth-order valence-electron chi connectivity index (χ4n) is 2.03. The standard InChI is InChI=1S/C11H16N2O2/c1-13-4-2-9(3-5-13)6-11-7-10(8-14)12-15-11/h7-9H,2-6H2,1H3. The fraction of sp³-hybridized carbons (Fsp3) is 0.636. The normalized spacial score (nSPS) is 19.3. The lowest BCUT2D eigenvalue weighted by Gasteiger charge is -2.28. The molecule has 1 aliphatic heterocycles. The molecule has 1 aliphatic rings. The van der Waals surface area contributed by atoms with E-state index in [2.05, 4.69) is 17.1 Å². The van der Waals surface area contributed by atoms with Crippen LogP contribution in [0.5, 0.6) is 0 Å². The lowest BCUT2D eigenvalue weighted by molar-refractivity contribution is 0.111. The van der Waals surface area contributed by atoms with E-state index in [1.807, 2.05) is 0 Å². The third kappa shape index (κ3) is 2.65. The van der Waals surface area contributed by atoms with E-state index in [1.54, 1.807) is 6.07 Å². The molecule has 0 unspecified atom stereocenters. The highest BCUT2D eigenvalue weighted by Gasteiger charge is 2.18. The number of aromatic nitrogens is 1. The molecule has 0 saturated carbocycles. The molecule has 4 nitrogen and oxygen atoms in total. The number of carbonyl (C=O) groups excluding carboxylic acids is 1. The van der Waals surface area contributed by atoms with Crippen molar-refractivity contribution in [3.63, 3.8) is 0 Å². The van der Waals surface area contributed by atoms with Gasteiger partial charge in [0.05, 0.1) is 0 Å². The highest BCUT2D eigenvalue weighted by molar-refractivity contribution is 5.71. The third-order valence-electron chi connectivity index (χ3n) is 3.03. The van der Waals surface area contributed by atoms with E-state index in [4.69, 9.17) is 4.52 Å². The van der Waals surface area contributed by atoms with Gasteiger partial charge in [0.25, 0.3) is 0 Å². The van der Waals surface area contributed by atoms with Crippen molar-refractivity contribution in [1.82, 2.24) is 10.1 Å². The molecule has 0 N–H and O–H groups in total. The van der Waals surface area contributed by atoms with E-state index in [-0.39, 0.29) is 0 Å². The zero-order chi connectivity index (χ0) is 10.7. The number of likely N-dealkylation sites (tertiary alicyclic amines) is 1. The Morgan fingerprint density at radius 2 is 2.33 bits per heavy atom. The van der Waals surface area contributed by atoms with Gasteiger partial charge in [-0.3, -0.25) is 4.79 Å². The summed E-state index contributed by atoms with van der Waals surface area (Å²) in [6.07, 6.45) is 4.04. The largest absolute Gasteiger partial charge is 0.361 e. The summed E-state index contributed by atoms with van der Waals surface area (Å²) in [4.78, 5) is 12.8. The Morgan fingerprint density at radius 3 is 2.93 bits per heavy atom. The molecule has 0 aromatic carbocycles. The molecule has 0 radical (unpaired) electrons. The molecular formula is C11H16N2O2. The van der Waals surface area contributed by atoms with Gasteiger partial charge in [-0.05, 0) is 38.9 Å². The van der Waals surface area contributed by atoms with Gasteiger partial charge in [0, 0.05) is 12.5 Å². The van der Waals surface area contributed by atoms with Crippen LogP contribution in [0.15, 0.2) is 10.6 Å². The molecule has 0 amide bonds. The van der Waals surface area contributed by atoms with Gasteiger partial charge in [0.15, 0.2) is 6.29 Å². The van der Waals surface area contributed by atoms with Crippen LogP contribution in [0, 0.1) is 5.92 Å². The Labute approximate surface area is 89.2 Å². The van der Waals surface area contributed by atoms with Gasteiger partial charge in [0.2, 0.25) is 0 Å². The van der Waals surface area contributed by atoms with Crippen molar-refractivity contribution in [3.8, 4) is 0 Å². The van der Waals surface area contributed by atoms with E-state index in [1.165, 1.54) is 12.8 Å². The summed E-state index contributed by atoms with van der Waals surface area (Å²) in [5.41, 5.74) is 0.401. The van der Waals surface area contributed by atoms with Crippen molar-refractivity contribution in [2.75, 3.05) is 20.1 Å². The van der Waals surface area contributed by atoms with Crippen molar-refractivity contribution in [1.29, 1.82) is 0 Å². The number of nitrogens with zero attached hydrogens (tertiary/aromatic N) is 2. The predicted octanol–water partition coefficient (Wildman–Crippen LogP) is 1.37. The molecule has 0 spiro atoms. The summed E-state index contributed by atoms with van der Waals surface area (Å²) in [5.74, 6) is 1.51. The van der Waals surface area contributed by atoms with Gasteiger partial charge < -0.3 is 9.42 Å². The van der Waals surface area contributed by atoms with Crippen molar-refractivity contribution < 1.29 is 9.32 Å². The minimum Gasteiger partial charge on any atom is -0.361 e. The average Bonchev–Trinajstić information content (AvgIpc) is 2.69. The second-order valence-corrected chi connectivity index (χ2v) is 4.29. The molecule has 15 heavy (non-hydrogen) atoms. The van der Waals surface area contributed by atoms with E-state index in [9.17, 15) is 4.79 Å². The first kappa shape index (κ1) is 10.4. The van der Waals surface area contributed by atoms with Gasteiger partial charge >= 0.3 is 0 Å². The van der Waals surface area contributed by atoms with E-state index < -0.39 is 0 Å². The Bertz CT molecular complexity index is 327. The number of hydrogen-bond donors (Lipinski definition) is 0. The summed E-state index contributed by atoms with van der Waals surface area (Å²) >= 11 is 0. The van der Waals surface area contributed by atoms with Gasteiger partial charge in [-0.15, -0.1) is 0 Å². The number of aldehydes is 1. The lowest BCUT2D eigenvalue weighted by atomic mass is 9.93. The minimum absolute atomic E-state index is 0.401. The molecule has 4 heteroatoms. The van der Waals surface area contributed by atoms with Gasteiger partial charge in [-0.25, -0.2) is 0 Å². The Balaban J connectivity index is 1.88. The summed E-state index contributed by atoms with van der Waals surface area (Å²) in [6, 6.07) is 1.74. The molecule has 0 bridgehead atoms. The van der Waals surface area contributed by atoms with Crippen LogP contribution in [0.25, 0.3) is 0 Å². The molecular weight excluding hydrogens is 192 g/mol. The predicted molar refractivity (Wildman–Crippen MR) is 55.8 cm³/mol. The average molecular weight is 208 g/mol. The lowest BCUT2D eigenvalue weighted by Crippen LogP contribution is -2.30. The van der Waals surface area contributed by atoms with Crippen molar-refractivity contribution in [3.05, 3.63) is 17.5 Å². The summed E-state index contributed by atoms with van der Waals surface area (Å²) in [6.45, 7) is 2.30. The second-order valence-electron chi connectivity index (χ2n) is 4.29. The number of hydrogen-bond acceptors (Lipinski definition) is 4. The topological polar surface area (TPSA) is 46.3 Å². The number of rotatable bonds is 3. The molecule has 2 heterocycles.